The molecule has 5 nitrogen and oxygen atoms in total. The van der Waals surface area contributed by atoms with E-state index < -0.39 is 11.5 Å². The van der Waals surface area contributed by atoms with Gasteiger partial charge in [-0.2, -0.15) is 0 Å². The summed E-state index contributed by atoms with van der Waals surface area (Å²) in [6.07, 6.45) is 1.38. The minimum absolute atomic E-state index is 0.146. The third-order valence-corrected chi connectivity index (χ3v) is 3.39. The van der Waals surface area contributed by atoms with Crippen LogP contribution in [-0.4, -0.2) is 16.0 Å². The summed E-state index contributed by atoms with van der Waals surface area (Å²) >= 11 is 7.73. The number of aromatic nitrogens is 1. The van der Waals surface area contributed by atoms with Gasteiger partial charge in [0.1, 0.15) is 5.75 Å². The van der Waals surface area contributed by atoms with Crippen molar-refractivity contribution in [1.82, 2.24) is 4.57 Å². The van der Waals surface area contributed by atoms with E-state index in [9.17, 15) is 18.4 Å². The smallest absolute Gasteiger partial charge is 0.420 e. The predicted octanol–water partition coefficient (Wildman–Crippen LogP) is 3.57. The Hall–Kier alpha value is -1.93. The normalized spacial score (nSPS) is 11.2. The molecule has 0 atom stereocenters. The molecule has 1 aromatic carbocycles. The Labute approximate surface area is 143 Å². The highest BCUT2D eigenvalue weighted by molar-refractivity contribution is 9.10. The van der Waals surface area contributed by atoms with Crippen LogP contribution in [0.2, 0.25) is 0 Å². The molecule has 0 radical (unpaired) electrons. The number of nitrogens with one attached hydrogen (secondary N) is 1. The Morgan fingerprint density at radius 3 is 2.48 bits per heavy atom. The first-order chi connectivity index (χ1) is 10.7. The molecule has 0 fully saturated rings. The number of aryl methyl sites for hydroxylation is 1. The summed E-state index contributed by atoms with van der Waals surface area (Å²) in [5, 5.41) is 2.57. The van der Waals surface area contributed by atoms with Crippen LogP contribution in [0, 0.1) is 0 Å². The monoisotopic (exact) mass is 406 g/mol. The van der Waals surface area contributed by atoms with Gasteiger partial charge in [-0.15, -0.1) is 8.78 Å². The van der Waals surface area contributed by atoms with Crippen molar-refractivity contribution in [1.29, 1.82) is 0 Å². The molecule has 23 heavy (non-hydrogen) atoms. The van der Waals surface area contributed by atoms with E-state index in [1.807, 2.05) is 0 Å². The standard InChI is InChI=1S/C14H10BrClF2N2O3/c1-20-7-8(6-11(15)13(20)22)12(21)19-9-2-4-10(5-3-9)23-14(16,17)18/h2-7H,1H3,(H,19,21). The number of alkyl halides is 3. The van der Waals surface area contributed by atoms with E-state index in [-0.39, 0.29) is 21.3 Å². The van der Waals surface area contributed by atoms with E-state index in [0.29, 0.717) is 5.69 Å². The average molecular weight is 408 g/mol. The summed E-state index contributed by atoms with van der Waals surface area (Å²) in [4.78, 5) is 23.7. The van der Waals surface area contributed by atoms with Gasteiger partial charge < -0.3 is 14.6 Å². The molecule has 0 saturated carbocycles. The zero-order valence-electron chi connectivity index (χ0n) is 11.6. The Bertz CT molecular complexity index is 762. The number of rotatable bonds is 4. The molecule has 0 bridgehead atoms. The van der Waals surface area contributed by atoms with Crippen molar-refractivity contribution in [2.75, 3.05) is 5.32 Å². The van der Waals surface area contributed by atoms with E-state index in [4.69, 9.17) is 0 Å². The molecule has 1 aromatic heterocycles. The largest absolute Gasteiger partial charge is 0.487 e. The van der Waals surface area contributed by atoms with Crippen molar-refractivity contribution in [2.45, 2.75) is 5.57 Å². The van der Waals surface area contributed by atoms with Crippen molar-refractivity contribution in [2.24, 2.45) is 7.05 Å². The van der Waals surface area contributed by atoms with Crippen LogP contribution in [0.4, 0.5) is 14.5 Å². The summed E-state index contributed by atoms with van der Waals surface area (Å²) in [7, 11) is 1.52. The summed E-state index contributed by atoms with van der Waals surface area (Å²) in [5.74, 6) is -0.606. The van der Waals surface area contributed by atoms with Gasteiger partial charge in [0.05, 0.1) is 10.0 Å². The van der Waals surface area contributed by atoms with Crippen molar-refractivity contribution < 1.29 is 18.3 Å². The molecule has 1 amide bonds. The van der Waals surface area contributed by atoms with E-state index in [1.165, 1.54) is 48.1 Å². The molecule has 2 rings (SSSR count). The minimum Gasteiger partial charge on any atom is -0.420 e. The second kappa shape index (κ2) is 6.67. The maximum Gasteiger partial charge on any atom is 0.487 e. The van der Waals surface area contributed by atoms with Gasteiger partial charge in [0.2, 0.25) is 0 Å². The van der Waals surface area contributed by atoms with Crippen LogP contribution in [0.3, 0.4) is 0 Å². The molecule has 2 aromatic rings. The molecule has 0 spiro atoms. The van der Waals surface area contributed by atoms with E-state index in [1.54, 1.807) is 0 Å². The van der Waals surface area contributed by atoms with Gasteiger partial charge in [-0.05, 0) is 46.3 Å². The number of halogens is 4. The van der Waals surface area contributed by atoms with Crippen molar-refractivity contribution in [3.8, 4) is 5.75 Å². The maximum atomic E-state index is 12.5. The molecule has 9 heteroatoms. The zero-order valence-corrected chi connectivity index (χ0v) is 14.0. The SMILES string of the molecule is Cn1cc(C(=O)Nc2ccc(OC(F)(F)Cl)cc2)cc(Br)c1=O. The van der Waals surface area contributed by atoms with Gasteiger partial charge >= 0.3 is 5.57 Å². The van der Waals surface area contributed by atoms with Gasteiger partial charge in [0.15, 0.2) is 0 Å². The maximum absolute atomic E-state index is 12.5. The average Bonchev–Trinajstić information content (AvgIpc) is 2.44. The molecule has 0 aliphatic rings. The third kappa shape index (κ3) is 4.77. The number of hydrogen-bond acceptors (Lipinski definition) is 3. The van der Waals surface area contributed by atoms with E-state index in [0.717, 1.165) is 0 Å². The second-order valence-electron chi connectivity index (χ2n) is 4.52. The Kier molecular flexibility index (Phi) is 5.06. The highest BCUT2D eigenvalue weighted by atomic mass is 79.9. The predicted molar refractivity (Wildman–Crippen MR) is 85.2 cm³/mol. The van der Waals surface area contributed by atoms with Gasteiger partial charge in [-0.1, -0.05) is 0 Å². The number of anilines is 1. The minimum atomic E-state index is -3.80. The summed E-state index contributed by atoms with van der Waals surface area (Å²) in [6.45, 7) is 0. The lowest BCUT2D eigenvalue weighted by atomic mass is 10.2. The van der Waals surface area contributed by atoms with Crippen LogP contribution in [0.15, 0.2) is 45.8 Å². The van der Waals surface area contributed by atoms with Crippen LogP contribution in [0.25, 0.3) is 0 Å². The van der Waals surface area contributed by atoms with E-state index in [2.05, 4.69) is 37.6 Å². The Balaban J connectivity index is 2.13. The molecule has 0 aliphatic heterocycles. The lowest BCUT2D eigenvalue weighted by Crippen LogP contribution is -2.21. The lowest BCUT2D eigenvalue weighted by Gasteiger charge is -2.11. The zero-order chi connectivity index (χ0) is 17.2. The third-order valence-electron chi connectivity index (χ3n) is 2.75. The van der Waals surface area contributed by atoms with Gasteiger partial charge in [0, 0.05) is 30.5 Å². The Morgan fingerprint density at radius 1 is 1.35 bits per heavy atom. The van der Waals surface area contributed by atoms with Crippen molar-refractivity contribution in [3.05, 3.63) is 56.9 Å². The number of carbonyl (C=O) groups excluding carboxylic acids is 1. The number of ether oxygens (including phenoxy) is 1. The van der Waals surface area contributed by atoms with Crippen molar-refractivity contribution in [3.63, 3.8) is 0 Å². The fraction of sp³-hybridized carbons (Fsp3) is 0.143. The van der Waals surface area contributed by atoms with Gasteiger partial charge in [-0.25, -0.2) is 0 Å². The second-order valence-corrected chi connectivity index (χ2v) is 5.81. The van der Waals surface area contributed by atoms with Crippen molar-refractivity contribution >= 4 is 39.1 Å². The van der Waals surface area contributed by atoms with E-state index >= 15 is 0 Å². The van der Waals surface area contributed by atoms with Gasteiger partial charge in [-0.3, -0.25) is 9.59 Å². The van der Waals surface area contributed by atoms with Crippen LogP contribution < -0.4 is 15.6 Å². The molecule has 0 aliphatic carbocycles. The Morgan fingerprint density at radius 2 is 1.96 bits per heavy atom. The van der Waals surface area contributed by atoms with Gasteiger partial charge in [0.25, 0.3) is 11.5 Å². The number of carbonyl (C=O) groups is 1. The quantitative estimate of drug-likeness (QED) is 0.788. The number of pyridine rings is 1. The van der Waals surface area contributed by atoms with Crippen LogP contribution >= 0.6 is 27.5 Å². The first-order valence-corrected chi connectivity index (χ1v) is 7.36. The number of nitrogens with zero attached hydrogens (tertiary/aromatic N) is 1. The highest BCUT2D eigenvalue weighted by Crippen LogP contribution is 2.26. The first kappa shape index (κ1) is 17.4. The fourth-order valence-electron chi connectivity index (χ4n) is 1.74. The number of amides is 1. The highest BCUT2D eigenvalue weighted by Gasteiger charge is 2.27. The molecule has 0 unspecified atom stereocenters. The molecular weight excluding hydrogens is 398 g/mol. The summed E-state index contributed by atoms with van der Waals surface area (Å²) in [6, 6.07) is 6.63. The summed E-state index contributed by atoms with van der Waals surface area (Å²) in [5.41, 5.74) is -3.45. The number of hydrogen-bond donors (Lipinski definition) is 1. The molecule has 1 N–H and O–H groups in total. The number of benzene rings is 1. The van der Waals surface area contributed by atoms with Crippen LogP contribution in [0.1, 0.15) is 10.4 Å². The summed E-state index contributed by atoms with van der Waals surface area (Å²) < 4.78 is 30.7. The first-order valence-electron chi connectivity index (χ1n) is 6.19. The molecule has 1 heterocycles. The lowest BCUT2D eigenvalue weighted by molar-refractivity contribution is -0.0964. The topological polar surface area (TPSA) is 60.3 Å². The molecular formula is C14H10BrClF2N2O3. The van der Waals surface area contributed by atoms with Crippen LogP contribution in [0.5, 0.6) is 5.75 Å². The molecule has 0 saturated heterocycles. The fourth-order valence-corrected chi connectivity index (χ4v) is 2.35. The van der Waals surface area contributed by atoms with Crippen LogP contribution in [-0.2, 0) is 7.05 Å². The molecule has 122 valence electrons.